The summed E-state index contributed by atoms with van der Waals surface area (Å²) in [6.07, 6.45) is 7.94. The second-order valence-corrected chi connectivity index (χ2v) is 4.99. The normalized spacial score (nSPS) is 20.9. The van der Waals surface area contributed by atoms with E-state index < -0.39 is 0 Å². The first-order chi connectivity index (χ1) is 7.79. The molecule has 3 heteroatoms. The second kappa shape index (κ2) is 7.62. The van der Waals surface area contributed by atoms with Crippen molar-refractivity contribution in [1.82, 2.24) is 4.90 Å². The van der Waals surface area contributed by atoms with Crippen molar-refractivity contribution in [2.45, 2.75) is 51.9 Å². The molecule has 0 amide bonds. The number of nitrogens with zero attached hydrogens (tertiary/aromatic N) is 2. The molecule has 16 heavy (non-hydrogen) atoms. The minimum atomic E-state index is 0.630. The highest BCUT2D eigenvalue weighted by Gasteiger charge is 2.23. The van der Waals surface area contributed by atoms with Gasteiger partial charge in [-0.1, -0.05) is 32.0 Å². The highest BCUT2D eigenvalue weighted by Crippen LogP contribution is 2.24. The molecule has 0 aromatic heterocycles. The van der Waals surface area contributed by atoms with Crippen LogP contribution in [0.3, 0.4) is 0 Å². The maximum absolute atomic E-state index is 8.53. The van der Waals surface area contributed by atoms with E-state index in [1.54, 1.807) is 0 Å². The molecule has 2 nitrogen and oxygen atoms in total. The van der Waals surface area contributed by atoms with Crippen molar-refractivity contribution in [2.24, 2.45) is 5.92 Å². The van der Waals surface area contributed by atoms with Crippen LogP contribution in [0.25, 0.3) is 0 Å². The van der Waals surface area contributed by atoms with Gasteiger partial charge in [0.25, 0.3) is 0 Å². The van der Waals surface area contributed by atoms with E-state index in [1.807, 2.05) is 0 Å². The van der Waals surface area contributed by atoms with Crippen molar-refractivity contribution in [1.29, 1.82) is 5.26 Å². The molecule has 1 aliphatic rings. The Kier molecular flexibility index (Phi) is 6.40. The van der Waals surface area contributed by atoms with Gasteiger partial charge in [0.05, 0.1) is 11.1 Å². The quantitative estimate of drug-likeness (QED) is 0.523. The molecule has 90 valence electrons. The zero-order valence-corrected chi connectivity index (χ0v) is 11.1. The average Bonchev–Trinajstić information content (AvgIpc) is 2.30. The van der Waals surface area contributed by atoms with E-state index >= 15 is 0 Å². The molecule has 0 radical (unpaired) electrons. The number of hydrogen-bond acceptors (Lipinski definition) is 2. The number of nitriles is 1. The maximum Gasteiger partial charge on any atom is 0.0810 e. The van der Waals surface area contributed by atoms with Gasteiger partial charge in [-0.15, -0.1) is 0 Å². The van der Waals surface area contributed by atoms with Gasteiger partial charge in [-0.3, -0.25) is 0 Å². The molecule has 1 fully saturated rings. The Hall–Kier alpha value is -0.620. The van der Waals surface area contributed by atoms with Crippen molar-refractivity contribution in [3.8, 4) is 6.07 Å². The lowest BCUT2D eigenvalue weighted by atomic mass is 9.92. The molecule has 0 saturated carbocycles. The monoisotopic (exact) mass is 238 g/mol. The van der Waals surface area contributed by atoms with E-state index in [-0.39, 0.29) is 0 Å². The lowest BCUT2D eigenvalue weighted by molar-refractivity contribution is 0.325. The summed E-state index contributed by atoms with van der Waals surface area (Å²) >= 11 is 5.55. The molecule has 1 unspecified atom stereocenters. The third kappa shape index (κ3) is 4.09. The van der Waals surface area contributed by atoms with Crippen LogP contribution in [0.1, 0.15) is 51.9 Å². The zero-order valence-electron chi connectivity index (χ0n) is 10.2. The summed E-state index contributed by atoms with van der Waals surface area (Å²) in [4.78, 5) is 3.49. The van der Waals surface area contributed by atoms with Crippen molar-refractivity contribution in [3.63, 3.8) is 0 Å². The average molecular weight is 238 g/mol. The van der Waals surface area contributed by atoms with Crippen LogP contribution >= 0.6 is 12.2 Å². The van der Waals surface area contributed by atoms with Gasteiger partial charge in [0.1, 0.15) is 0 Å². The molecule has 1 atom stereocenters. The summed E-state index contributed by atoms with van der Waals surface area (Å²) in [5, 5.41) is 8.53. The van der Waals surface area contributed by atoms with Gasteiger partial charge in [-0.25, -0.2) is 0 Å². The maximum atomic E-state index is 8.53. The van der Waals surface area contributed by atoms with Crippen LogP contribution in [-0.4, -0.2) is 23.0 Å². The van der Waals surface area contributed by atoms with Crippen LogP contribution in [0.15, 0.2) is 0 Å². The van der Waals surface area contributed by atoms with Crippen molar-refractivity contribution in [2.75, 3.05) is 13.1 Å². The molecule has 0 aliphatic carbocycles. The van der Waals surface area contributed by atoms with Gasteiger partial charge in [0.15, 0.2) is 0 Å². The van der Waals surface area contributed by atoms with Gasteiger partial charge in [-0.05, 0) is 25.7 Å². The first-order valence-corrected chi connectivity index (χ1v) is 6.86. The smallest absolute Gasteiger partial charge is 0.0810 e. The number of likely N-dealkylation sites (tertiary alicyclic amines) is 1. The number of hydrogen-bond donors (Lipinski definition) is 0. The summed E-state index contributed by atoms with van der Waals surface area (Å²) in [6, 6.07) is 2.20. The van der Waals surface area contributed by atoms with E-state index in [9.17, 15) is 0 Å². The summed E-state index contributed by atoms with van der Waals surface area (Å²) in [5.74, 6) is 0.630. The highest BCUT2D eigenvalue weighted by atomic mass is 32.1. The Morgan fingerprint density at radius 3 is 3.00 bits per heavy atom. The lowest BCUT2D eigenvalue weighted by Crippen LogP contribution is -2.40. The Balaban J connectivity index is 2.35. The molecule has 0 aromatic carbocycles. The van der Waals surface area contributed by atoms with E-state index in [1.165, 1.54) is 32.1 Å². The molecule has 0 bridgehead atoms. The number of thiocarbonyl (C=S) groups is 1. The highest BCUT2D eigenvalue weighted by molar-refractivity contribution is 7.80. The molecule has 1 saturated heterocycles. The molecular weight excluding hydrogens is 216 g/mol. The zero-order chi connectivity index (χ0) is 11.8. The Bertz CT molecular complexity index is 257. The topological polar surface area (TPSA) is 27.0 Å². The van der Waals surface area contributed by atoms with Crippen LogP contribution < -0.4 is 0 Å². The Morgan fingerprint density at radius 2 is 2.31 bits per heavy atom. The molecule has 1 heterocycles. The van der Waals surface area contributed by atoms with Crippen molar-refractivity contribution in [3.05, 3.63) is 0 Å². The number of unbranched alkanes of at least 4 members (excludes halogenated alkanes) is 2. The Labute approximate surface area is 105 Å². The van der Waals surface area contributed by atoms with Gasteiger partial charge in [0, 0.05) is 25.4 Å². The predicted molar refractivity (Wildman–Crippen MR) is 71.3 cm³/mol. The fourth-order valence-electron chi connectivity index (χ4n) is 2.31. The summed E-state index contributed by atoms with van der Waals surface area (Å²) < 4.78 is 0. The summed E-state index contributed by atoms with van der Waals surface area (Å²) in [5.41, 5.74) is 0. The van der Waals surface area contributed by atoms with Crippen LogP contribution in [0.5, 0.6) is 0 Å². The van der Waals surface area contributed by atoms with E-state index in [2.05, 4.69) is 17.9 Å². The van der Waals surface area contributed by atoms with E-state index in [4.69, 9.17) is 17.5 Å². The molecule has 1 aliphatic heterocycles. The largest absolute Gasteiger partial charge is 0.366 e. The first kappa shape index (κ1) is 13.4. The predicted octanol–water partition coefficient (Wildman–Crippen LogP) is 3.52. The molecule has 0 spiro atoms. The minimum absolute atomic E-state index is 0.630. The lowest BCUT2D eigenvalue weighted by Gasteiger charge is -2.35. The van der Waals surface area contributed by atoms with Crippen molar-refractivity contribution < 1.29 is 0 Å². The summed E-state index contributed by atoms with van der Waals surface area (Å²) in [6.45, 7) is 4.32. The van der Waals surface area contributed by atoms with Crippen molar-refractivity contribution >= 4 is 17.2 Å². The molecular formula is C13H22N2S. The summed E-state index contributed by atoms with van der Waals surface area (Å²) in [7, 11) is 0. The van der Waals surface area contributed by atoms with Gasteiger partial charge in [-0.2, -0.15) is 5.26 Å². The van der Waals surface area contributed by atoms with Gasteiger partial charge < -0.3 is 4.90 Å². The van der Waals surface area contributed by atoms with Crippen LogP contribution in [0.2, 0.25) is 0 Å². The van der Waals surface area contributed by atoms with Gasteiger partial charge >= 0.3 is 0 Å². The minimum Gasteiger partial charge on any atom is -0.366 e. The van der Waals surface area contributed by atoms with Crippen LogP contribution in [0.4, 0.5) is 0 Å². The van der Waals surface area contributed by atoms with Crippen LogP contribution in [0, 0.1) is 17.2 Å². The fourth-order valence-corrected chi connectivity index (χ4v) is 2.73. The van der Waals surface area contributed by atoms with Crippen LogP contribution in [-0.2, 0) is 0 Å². The number of rotatable bonds is 6. The van der Waals surface area contributed by atoms with E-state index in [0.29, 0.717) is 12.3 Å². The molecule has 0 aromatic rings. The standard InChI is InChI=1S/C13H22N2S/c1-2-3-7-12-8-6-11-15(13(12)16)10-5-4-9-14/h12H,2-8,10-11H2,1H3. The number of piperidine rings is 1. The van der Waals surface area contributed by atoms with E-state index in [0.717, 1.165) is 24.5 Å². The second-order valence-electron chi connectivity index (χ2n) is 4.57. The first-order valence-electron chi connectivity index (χ1n) is 6.45. The Morgan fingerprint density at radius 1 is 1.50 bits per heavy atom. The molecule has 0 N–H and O–H groups in total. The van der Waals surface area contributed by atoms with Gasteiger partial charge in [0.2, 0.25) is 0 Å². The third-order valence-electron chi connectivity index (χ3n) is 3.26. The third-order valence-corrected chi connectivity index (χ3v) is 3.86. The fraction of sp³-hybridized carbons (Fsp3) is 0.846. The SMILES string of the molecule is CCCCC1CCCN(CCCC#N)C1=S. The molecule has 1 rings (SSSR count).